The van der Waals surface area contributed by atoms with Gasteiger partial charge in [0.1, 0.15) is 0 Å². The minimum atomic E-state index is -0.0197. The monoisotopic (exact) mass is 381 g/mol. The van der Waals surface area contributed by atoms with Crippen LogP contribution in [-0.4, -0.2) is 29.5 Å². The molecule has 2 heterocycles. The largest absolute Gasteiger partial charge is 0.349 e. The highest BCUT2D eigenvalue weighted by Gasteiger charge is 2.21. The maximum Gasteiger partial charge on any atom is 0.253 e. The highest BCUT2D eigenvalue weighted by molar-refractivity contribution is 5.95. The summed E-state index contributed by atoms with van der Waals surface area (Å²) < 4.78 is 0. The molecule has 2 aromatic rings. The molecule has 0 spiro atoms. The number of aromatic nitrogens is 1. The van der Waals surface area contributed by atoms with Crippen molar-refractivity contribution in [3.05, 3.63) is 53.7 Å². The average Bonchev–Trinajstić information content (AvgIpc) is 2.55. The molecule has 0 radical (unpaired) electrons. The molecule has 1 aliphatic heterocycles. The van der Waals surface area contributed by atoms with Gasteiger partial charge >= 0.3 is 0 Å². The lowest BCUT2D eigenvalue weighted by molar-refractivity contribution is 0.0924. The van der Waals surface area contributed by atoms with Gasteiger partial charge in [-0.2, -0.15) is 0 Å². The van der Waals surface area contributed by atoms with Crippen molar-refractivity contribution >= 4 is 30.7 Å². The standard InChI is InChI=1S/C19H23N3O.2ClH/c1-13-12-16(10-11-20-13)22-19(23)17-8-9-18(21-14(17)2)15-6-4-3-5-7-15;;/h3-9,13,16,20H,10-12H2,1-2H3,(H,22,23);2*1H. The maximum absolute atomic E-state index is 12.5. The van der Waals surface area contributed by atoms with E-state index in [1.54, 1.807) is 0 Å². The highest BCUT2D eigenvalue weighted by Crippen LogP contribution is 2.19. The van der Waals surface area contributed by atoms with Crippen LogP contribution in [0, 0.1) is 6.92 Å². The number of rotatable bonds is 3. The van der Waals surface area contributed by atoms with Crippen molar-refractivity contribution in [2.24, 2.45) is 0 Å². The van der Waals surface area contributed by atoms with Crippen molar-refractivity contribution < 1.29 is 4.79 Å². The van der Waals surface area contributed by atoms with Gasteiger partial charge < -0.3 is 10.6 Å². The fraction of sp³-hybridized carbons (Fsp3) is 0.368. The van der Waals surface area contributed by atoms with E-state index in [4.69, 9.17) is 0 Å². The third-order valence-electron chi connectivity index (χ3n) is 4.36. The van der Waals surface area contributed by atoms with Gasteiger partial charge in [-0.1, -0.05) is 30.3 Å². The number of carbonyl (C=O) groups excluding carboxylic acids is 1. The molecule has 6 heteroatoms. The lowest BCUT2D eigenvalue weighted by Gasteiger charge is -2.28. The predicted molar refractivity (Wildman–Crippen MR) is 107 cm³/mol. The molecule has 2 unspecified atom stereocenters. The van der Waals surface area contributed by atoms with E-state index < -0.39 is 0 Å². The van der Waals surface area contributed by atoms with Crippen molar-refractivity contribution in [2.75, 3.05) is 6.54 Å². The molecule has 0 aliphatic carbocycles. The van der Waals surface area contributed by atoms with Gasteiger partial charge in [0.2, 0.25) is 0 Å². The SMILES string of the molecule is Cc1nc(-c2ccccc2)ccc1C(=O)NC1CCNC(C)C1.Cl.Cl. The first-order valence-electron chi connectivity index (χ1n) is 8.21. The van der Waals surface area contributed by atoms with Crippen molar-refractivity contribution in [1.82, 2.24) is 15.6 Å². The van der Waals surface area contributed by atoms with Crippen molar-refractivity contribution in [3.8, 4) is 11.3 Å². The highest BCUT2D eigenvalue weighted by atomic mass is 35.5. The molecule has 1 aliphatic rings. The molecule has 0 bridgehead atoms. The summed E-state index contributed by atoms with van der Waals surface area (Å²) in [7, 11) is 0. The Labute approximate surface area is 161 Å². The van der Waals surface area contributed by atoms with Crippen LogP contribution in [0.5, 0.6) is 0 Å². The van der Waals surface area contributed by atoms with Crippen LogP contribution in [0.2, 0.25) is 0 Å². The fourth-order valence-corrected chi connectivity index (χ4v) is 3.10. The van der Waals surface area contributed by atoms with Crippen molar-refractivity contribution in [3.63, 3.8) is 0 Å². The lowest BCUT2D eigenvalue weighted by atomic mass is 10.00. The number of piperidine rings is 1. The van der Waals surface area contributed by atoms with Crippen LogP contribution < -0.4 is 10.6 Å². The number of hydrogen-bond acceptors (Lipinski definition) is 3. The van der Waals surface area contributed by atoms with E-state index in [9.17, 15) is 4.79 Å². The Balaban J connectivity index is 0.00000156. The molecular weight excluding hydrogens is 357 g/mol. The number of pyridine rings is 1. The molecule has 1 saturated heterocycles. The number of amides is 1. The Hall–Kier alpha value is -1.62. The summed E-state index contributed by atoms with van der Waals surface area (Å²) in [4.78, 5) is 17.1. The van der Waals surface area contributed by atoms with Crippen LogP contribution in [0.4, 0.5) is 0 Å². The Morgan fingerprint density at radius 1 is 1.16 bits per heavy atom. The second kappa shape index (κ2) is 9.76. The van der Waals surface area contributed by atoms with E-state index in [2.05, 4.69) is 22.5 Å². The molecule has 3 rings (SSSR count). The Morgan fingerprint density at radius 2 is 1.88 bits per heavy atom. The molecule has 4 nitrogen and oxygen atoms in total. The maximum atomic E-state index is 12.5. The molecule has 0 saturated carbocycles. The zero-order chi connectivity index (χ0) is 16.2. The molecule has 1 amide bonds. The number of benzene rings is 1. The summed E-state index contributed by atoms with van der Waals surface area (Å²) >= 11 is 0. The van der Waals surface area contributed by atoms with Crippen molar-refractivity contribution in [2.45, 2.75) is 38.8 Å². The van der Waals surface area contributed by atoms with Crippen LogP contribution in [-0.2, 0) is 0 Å². The lowest BCUT2D eigenvalue weighted by Crippen LogP contribution is -2.46. The topological polar surface area (TPSA) is 54.0 Å². The van der Waals surface area contributed by atoms with Crippen LogP contribution >= 0.6 is 24.8 Å². The van der Waals surface area contributed by atoms with Gasteiger partial charge in [-0.25, -0.2) is 0 Å². The number of nitrogens with one attached hydrogen (secondary N) is 2. The normalized spacial score (nSPS) is 19.3. The van der Waals surface area contributed by atoms with Crippen LogP contribution in [0.25, 0.3) is 11.3 Å². The third kappa shape index (κ3) is 5.43. The molecule has 2 atom stereocenters. The van der Waals surface area contributed by atoms with Crippen LogP contribution in [0.1, 0.15) is 35.8 Å². The van der Waals surface area contributed by atoms with Gasteiger partial charge in [0.15, 0.2) is 0 Å². The minimum Gasteiger partial charge on any atom is -0.349 e. The molecule has 25 heavy (non-hydrogen) atoms. The smallest absolute Gasteiger partial charge is 0.253 e. The molecule has 1 fully saturated rings. The van der Waals surface area contributed by atoms with E-state index in [-0.39, 0.29) is 36.8 Å². The van der Waals surface area contributed by atoms with Crippen LogP contribution in [0.15, 0.2) is 42.5 Å². The molecule has 2 N–H and O–H groups in total. The second-order valence-electron chi connectivity index (χ2n) is 6.25. The summed E-state index contributed by atoms with van der Waals surface area (Å²) in [6, 6.07) is 14.5. The summed E-state index contributed by atoms with van der Waals surface area (Å²) in [6.45, 7) is 5.00. The van der Waals surface area contributed by atoms with Gasteiger partial charge in [-0.3, -0.25) is 9.78 Å². The Kier molecular flexibility index (Phi) is 8.36. The molecular formula is C19H25Cl2N3O. The molecule has 1 aromatic heterocycles. The number of nitrogens with zero attached hydrogens (tertiary/aromatic N) is 1. The number of halogens is 2. The van der Waals surface area contributed by atoms with Crippen molar-refractivity contribution in [1.29, 1.82) is 0 Å². The number of hydrogen-bond donors (Lipinski definition) is 2. The first-order valence-corrected chi connectivity index (χ1v) is 8.21. The van der Waals surface area contributed by atoms with Gasteiger partial charge in [-0.05, 0) is 45.4 Å². The van der Waals surface area contributed by atoms with E-state index in [1.807, 2.05) is 49.4 Å². The summed E-state index contributed by atoms with van der Waals surface area (Å²) in [5, 5.41) is 6.55. The predicted octanol–water partition coefficient (Wildman–Crippen LogP) is 3.77. The molecule has 1 aromatic carbocycles. The van der Waals surface area contributed by atoms with Gasteiger partial charge in [0.25, 0.3) is 5.91 Å². The quantitative estimate of drug-likeness (QED) is 0.850. The third-order valence-corrected chi connectivity index (χ3v) is 4.36. The summed E-state index contributed by atoms with van der Waals surface area (Å²) in [6.07, 6.45) is 1.95. The zero-order valence-electron chi connectivity index (χ0n) is 14.5. The minimum absolute atomic E-state index is 0. The fourth-order valence-electron chi connectivity index (χ4n) is 3.10. The first kappa shape index (κ1) is 21.4. The van der Waals surface area contributed by atoms with Gasteiger partial charge in [0.05, 0.1) is 17.0 Å². The van der Waals surface area contributed by atoms with Gasteiger partial charge in [0, 0.05) is 17.6 Å². The van der Waals surface area contributed by atoms with Crippen LogP contribution in [0.3, 0.4) is 0 Å². The average molecular weight is 382 g/mol. The van der Waals surface area contributed by atoms with E-state index >= 15 is 0 Å². The summed E-state index contributed by atoms with van der Waals surface area (Å²) in [5.74, 6) is -0.0197. The van der Waals surface area contributed by atoms with E-state index in [1.165, 1.54) is 0 Å². The number of aryl methyl sites for hydroxylation is 1. The molecule has 136 valence electrons. The van der Waals surface area contributed by atoms with Gasteiger partial charge in [-0.15, -0.1) is 24.8 Å². The first-order chi connectivity index (χ1) is 11.1. The Bertz CT molecular complexity index is 694. The van der Waals surface area contributed by atoms with E-state index in [0.717, 1.165) is 36.3 Å². The zero-order valence-corrected chi connectivity index (χ0v) is 16.1. The second-order valence-corrected chi connectivity index (χ2v) is 6.25. The van der Waals surface area contributed by atoms with E-state index in [0.29, 0.717) is 11.6 Å². The Morgan fingerprint density at radius 3 is 2.52 bits per heavy atom. The summed E-state index contributed by atoms with van der Waals surface area (Å²) in [5.41, 5.74) is 3.39. The number of carbonyl (C=O) groups is 1.